The third kappa shape index (κ3) is 4.87. The molecule has 160 valence electrons. The molecule has 0 atom stereocenters. The molecule has 10 heteroatoms. The third-order valence-electron chi connectivity index (χ3n) is 4.32. The molecular formula is C21H16Cl2N2O5S. The van der Waals surface area contributed by atoms with E-state index in [1.807, 2.05) is 0 Å². The summed E-state index contributed by atoms with van der Waals surface area (Å²) in [6.45, 7) is 3.62. The molecule has 0 unspecified atom stereocenters. The van der Waals surface area contributed by atoms with Crippen LogP contribution in [0.5, 0.6) is 0 Å². The SMILES string of the molecule is CCOC(=O)c1c(NC(=O)c2ccc(Cl)cc2[N+](=O)[O-])sc(C)c1-c1ccc(Cl)cc1. The molecule has 3 aromatic rings. The van der Waals surface area contributed by atoms with Gasteiger partial charge in [-0.2, -0.15) is 0 Å². The van der Waals surface area contributed by atoms with Gasteiger partial charge in [-0.15, -0.1) is 11.3 Å². The number of anilines is 1. The minimum atomic E-state index is -0.738. The van der Waals surface area contributed by atoms with Gasteiger partial charge in [0.1, 0.15) is 16.1 Å². The van der Waals surface area contributed by atoms with Crippen LogP contribution in [0.2, 0.25) is 10.0 Å². The monoisotopic (exact) mass is 478 g/mol. The molecule has 0 saturated carbocycles. The molecule has 0 fully saturated rings. The van der Waals surface area contributed by atoms with Crippen LogP contribution in [0.25, 0.3) is 11.1 Å². The highest BCUT2D eigenvalue weighted by atomic mass is 35.5. The van der Waals surface area contributed by atoms with Gasteiger partial charge in [-0.1, -0.05) is 35.3 Å². The Morgan fingerprint density at radius 2 is 1.77 bits per heavy atom. The molecule has 1 heterocycles. The Balaban J connectivity index is 2.09. The van der Waals surface area contributed by atoms with Crippen LogP contribution in [-0.4, -0.2) is 23.4 Å². The predicted octanol–water partition coefficient (Wildman–Crippen LogP) is 6.37. The highest BCUT2D eigenvalue weighted by Crippen LogP contribution is 2.41. The first-order valence-electron chi connectivity index (χ1n) is 9.04. The number of carbonyl (C=O) groups excluding carboxylic acids is 2. The van der Waals surface area contributed by atoms with E-state index >= 15 is 0 Å². The molecule has 0 aliphatic heterocycles. The van der Waals surface area contributed by atoms with Gasteiger partial charge in [0.15, 0.2) is 0 Å². The number of nitrogens with one attached hydrogen (secondary N) is 1. The van der Waals surface area contributed by atoms with Gasteiger partial charge in [0.25, 0.3) is 11.6 Å². The van der Waals surface area contributed by atoms with E-state index in [0.29, 0.717) is 10.6 Å². The average molecular weight is 479 g/mol. The molecule has 0 aliphatic carbocycles. The second-order valence-corrected chi connectivity index (χ2v) is 8.44. The topological polar surface area (TPSA) is 98.5 Å². The van der Waals surface area contributed by atoms with E-state index in [0.717, 1.165) is 16.5 Å². The van der Waals surface area contributed by atoms with Crippen molar-refractivity contribution in [3.63, 3.8) is 0 Å². The second kappa shape index (κ2) is 9.47. The van der Waals surface area contributed by atoms with Crippen molar-refractivity contribution in [2.75, 3.05) is 11.9 Å². The number of esters is 1. The first kappa shape index (κ1) is 22.7. The summed E-state index contributed by atoms with van der Waals surface area (Å²) in [5.41, 5.74) is 0.883. The van der Waals surface area contributed by atoms with E-state index in [1.54, 1.807) is 38.1 Å². The average Bonchev–Trinajstić information content (AvgIpc) is 3.04. The number of nitrogens with zero attached hydrogens (tertiary/aromatic N) is 1. The molecule has 0 radical (unpaired) electrons. The number of halogens is 2. The molecule has 3 rings (SSSR count). The minimum absolute atomic E-state index is 0.132. The van der Waals surface area contributed by atoms with Crippen molar-refractivity contribution < 1.29 is 19.2 Å². The maximum absolute atomic E-state index is 12.9. The summed E-state index contributed by atoms with van der Waals surface area (Å²) in [5.74, 6) is -1.35. The van der Waals surface area contributed by atoms with Crippen molar-refractivity contribution in [1.82, 2.24) is 0 Å². The standard InChI is InChI=1S/C21H16Cl2N2O5S/c1-3-30-21(27)18-17(12-4-6-13(22)7-5-12)11(2)31-20(18)24-19(26)15-9-8-14(23)10-16(15)25(28)29/h4-10H,3H2,1-2H3,(H,24,26). The van der Waals surface area contributed by atoms with Gasteiger partial charge in [0.05, 0.1) is 11.5 Å². The first-order valence-corrected chi connectivity index (χ1v) is 10.6. The lowest BCUT2D eigenvalue weighted by atomic mass is 10.0. The van der Waals surface area contributed by atoms with Gasteiger partial charge in [-0.25, -0.2) is 4.79 Å². The van der Waals surface area contributed by atoms with E-state index < -0.39 is 22.5 Å². The Bertz CT molecular complexity index is 1180. The normalized spacial score (nSPS) is 10.6. The van der Waals surface area contributed by atoms with Gasteiger partial charge in [0, 0.05) is 26.6 Å². The summed E-state index contributed by atoms with van der Waals surface area (Å²) < 4.78 is 5.20. The van der Waals surface area contributed by atoms with E-state index in [2.05, 4.69) is 5.32 Å². The summed E-state index contributed by atoms with van der Waals surface area (Å²) in [6, 6.07) is 10.7. The molecule has 7 nitrogen and oxygen atoms in total. The molecule has 0 spiro atoms. The zero-order valence-electron chi connectivity index (χ0n) is 16.4. The number of nitro groups is 1. The molecule has 31 heavy (non-hydrogen) atoms. The molecule has 2 aromatic carbocycles. The lowest BCUT2D eigenvalue weighted by Gasteiger charge is -2.09. The summed E-state index contributed by atoms with van der Waals surface area (Å²) in [4.78, 5) is 37.0. The van der Waals surface area contributed by atoms with Crippen molar-refractivity contribution in [1.29, 1.82) is 0 Å². The number of ether oxygens (including phenoxy) is 1. The number of aryl methyl sites for hydroxylation is 1. The van der Waals surface area contributed by atoms with Crippen molar-refractivity contribution in [2.24, 2.45) is 0 Å². The number of thiophene rings is 1. The predicted molar refractivity (Wildman–Crippen MR) is 122 cm³/mol. The Labute approximate surface area is 191 Å². The highest BCUT2D eigenvalue weighted by molar-refractivity contribution is 7.17. The summed E-state index contributed by atoms with van der Waals surface area (Å²) in [6.07, 6.45) is 0. The van der Waals surface area contributed by atoms with E-state index in [4.69, 9.17) is 27.9 Å². The van der Waals surface area contributed by atoms with Crippen LogP contribution in [-0.2, 0) is 4.74 Å². The van der Waals surface area contributed by atoms with Crippen LogP contribution in [0, 0.1) is 17.0 Å². The number of carbonyl (C=O) groups is 2. The van der Waals surface area contributed by atoms with Crippen LogP contribution in [0.3, 0.4) is 0 Å². The van der Waals surface area contributed by atoms with Crippen molar-refractivity contribution in [2.45, 2.75) is 13.8 Å². The fourth-order valence-electron chi connectivity index (χ4n) is 3.01. The highest BCUT2D eigenvalue weighted by Gasteiger charge is 2.28. The number of amides is 1. The fraction of sp³-hybridized carbons (Fsp3) is 0.143. The minimum Gasteiger partial charge on any atom is -0.462 e. The Hall–Kier alpha value is -2.94. The first-order chi connectivity index (χ1) is 14.7. The number of hydrogen-bond acceptors (Lipinski definition) is 6. The lowest BCUT2D eigenvalue weighted by Crippen LogP contribution is -2.16. The molecule has 0 aliphatic rings. The zero-order valence-corrected chi connectivity index (χ0v) is 18.7. The quantitative estimate of drug-likeness (QED) is 0.252. The van der Waals surface area contributed by atoms with E-state index in [1.165, 1.54) is 23.5 Å². The maximum Gasteiger partial charge on any atom is 0.341 e. The van der Waals surface area contributed by atoms with Gasteiger partial charge >= 0.3 is 5.97 Å². The summed E-state index contributed by atoms with van der Waals surface area (Å²) in [7, 11) is 0. The maximum atomic E-state index is 12.9. The lowest BCUT2D eigenvalue weighted by molar-refractivity contribution is -0.385. The van der Waals surface area contributed by atoms with Gasteiger partial charge < -0.3 is 10.1 Å². The van der Waals surface area contributed by atoms with Crippen molar-refractivity contribution in [3.8, 4) is 11.1 Å². The van der Waals surface area contributed by atoms with Gasteiger partial charge in [-0.3, -0.25) is 14.9 Å². The number of hydrogen-bond donors (Lipinski definition) is 1. The zero-order chi connectivity index (χ0) is 22.7. The molecule has 1 aromatic heterocycles. The van der Waals surface area contributed by atoms with Crippen molar-refractivity contribution in [3.05, 3.63) is 78.6 Å². The largest absolute Gasteiger partial charge is 0.462 e. The molecule has 1 amide bonds. The van der Waals surface area contributed by atoms with Crippen LogP contribution in [0.4, 0.5) is 10.7 Å². The molecule has 0 bridgehead atoms. The number of nitro benzene ring substituents is 1. The van der Waals surface area contributed by atoms with E-state index in [-0.39, 0.29) is 27.8 Å². The Kier molecular flexibility index (Phi) is 6.94. The van der Waals surface area contributed by atoms with Crippen LogP contribution in [0.1, 0.15) is 32.5 Å². The number of benzene rings is 2. The van der Waals surface area contributed by atoms with Gasteiger partial charge in [-0.05, 0) is 43.7 Å². The van der Waals surface area contributed by atoms with Crippen LogP contribution >= 0.6 is 34.5 Å². The molecule has 1 N–H and O–H groups in total. The fourth-order valence-corrected chi connectivity index (χ4v) is 4.36. The van der Waals surface area contributed by atoms with E-state index in [9.17, 15) is 19.7 Å². The summed E-state index contributed by atoms with van der Waals surface area (Å²) >= 11 is 13.0. The van der Waals surface area contributed by atoms with Crippen LogP contribution < -0.4 is 5.32 Å². The Morgan fingerprint density at radius 3 is 2.39 bits per heavy atom. The molecule has 0 saturated heterocycles. The Morgan fingerprint density at radius 1 is 1.13 bits per heavy atom. The number of rotatable bonds is 6. The summed E-state index contributed by atoms with van der Waals surface area (Å²) in [5, 5.41) is 14.9. The second-order valence-electron chi connectivity index (χ2n) is 6.34. The smallest absolute Gasteiger partial charge is 0.341 e. The van der Waals surface area contributed by atoms with Gasteiger partial charge in [0.2, 0.25) is 0 Å². The molecular weight excluding hydrogens is 463 g/mol. The van der Waals surface area contributed by atoms with Crippen molar-refractivity contribution >= 4 is 57.1 Å². The third-order valence-corrected chi connectivity index (χ3v) is 5.83. The van der Waals surface area contributed by atoms with Crippen LogP contribution in [0.15, 0.2) is 42.5 Å².